The second-order valence-corrected chi connectivity index (χ2v) is 5.11. The molecular formula is C14H18F3NO2. The van der Waals surface area contributed by atoms with Crippen molar-refractivity contribution < 1.29 is 23.1 Å². The van der Waals surface area contributed by atoms with Crippen molar-refractivity contribution >= 4 is 5.97 Å². The van der Waals surface area contributed by atoms with E-state index < -0.39 is 24.7 Å². The Morgan fingerprint density at radius 2 is 1.80 bits per heavy atom. The number of carbonyl (C=O) groups is 1. The van der Waals surface area contributed by atoms with Crippen LogP contribution in [-0.2, 0) is 11.2 Å². The molecule has 1 atom stereocenters. The zero-order valence-electron chi connectivity index (χ0n) is 11.4. The number of carboxylic acid groups (broad SMARTS) is 1. The monoisotopic (exact) mass is 289 g/mol. The van der Waals surface area contributed by atoms with Crippen molar-refractivity contribution in [3.05, 3.63) is 35.4 Å². The standard InChI is InChI=1S/C14H18F3NO2/c1-9(2)7-10-3-5-11(6-4-10)12(13(19)20)18-8-14(15,16)17/h3-6,9,12,18H,7-8H2,1-2H3,(H,19,20). The van der Waals surface area contributed by atoms with Crippen molar-refractivity contribution in [1.82, 2.24) is 5.32 Å². The van der Waals surface area contributed by atoms with Gasteiger partial charge >= 0.3 is 12.1 Å². The summed E-state index contributed by atoms with van der Waals surface area (Å²) in [6, 6.07) is 5.26. The Morgan fingerprint density at radius 3 is 2.20 bits per heavy atom. The van der Waals surface area contributed by atoms with Crippen LogP contribution < -0.4 is 5.32 Å². The van der Waals surface area contributed by atoms with Gasteiger partial charge in [0.1, 0.15) is 6.04 Å². The molecule has 0 saturated carbocycles. The minimum Gasteiger partial charge on any atom is -0.480 e. The first-order valence-electron chi connectivity index (χ1n) is 6.31. The quantitative estimate of drug-likeness (QED) is 0.845. The molecule has 2 N–H and O–H groups in total. The van der Waals surface area contributed by atoms with Gasteiger partial charge in [-0.15, -0.1) is 0 Å². The van der Waals surface area contributed by atoms with E-state index in [4.69, 9.17) is 5.11 Å². The summed E-state index contributed by atoms with van der Waals surface area (Å²) >= 11 is 0. The fraction of sp³-hybridized carbons (Fsp3) is 0.500. The average Bonchev–Trinajstić information content (AvgIpc) is 2.28. The van der Waals surface area contributed by atoms with Crippen LogP contribution in [0.1, 0.15) is 31.0 Å². The highest BCUT2D eigenvalue weighted by Gasteiger charge is 2.30. The summed E-state index contributed by atoms with van der Waals surface area (Å²) in [7, 11) is 0. The maximum Gasteiger partial charge on any atom is 0.401 e. The van der Waals surface area contributed by atoms with Crippen LogP contribution >= 0.6 is 0 Å². The van der Waals surface area contributed by atoms with Crippen molar-refractivity contribution in [3.63, 3.8) is 0 Å². The first-order valence-corrected chi connectivity index (χ1v) is 6.31. The highest BCUT2D eigenvalue weighted by atomic mass is 19.4. The number of rotatable bonds is 6. The van der Waals surface area contributed by atoms with E-state index in [1.807, 2.05) is 5.32 Å². The molecule has 1 aromatic carbocycles. The van der Waals surface area contributed by atoms with E-state index in [-0.39, 0.29) is 0 Å². The van der Waals surface area contributed by atoms with Crippen LogP contribution in [0.25, 0.3) is 0 Å². The molecule has 0 fully saturated rings. The number of carboxylic acids is 1. The summed E-state index contributed by atoms with van der Waals surface area (Å²) in [5.74, 6) is -0.870. The van der Waals surface area contributed by atoms with Crippen LogP contribution in [0, 0.1) is 5.92 Å². The average molecular weight is 289 g/mol. The number of hydrogen-bond acceptors (Lipinski definition) is 2. The predicted octanol–water partition coefficient (Wildman–Crippen LogP) is 3.16. The molecule has 0 aliphatic heterocycles. The van der Waals surface area contributed by atoms with E-state index in [1.165, 1.54) is 0 Å². The third kappa shape index (κ3) is 5.61. The molecule has 0 spiro atoms. The fourth-order valence-electron chi connectivity index (χ4n) is 1.88. The molecule has 0 aliphatic carbocycles. The first kappa shape index (κ1) is 16.5. The van der Waals surface area contributed by atoms with Crippen LogP contribution in [0.4, 0.5) is 13.2 Å². The van der Waals surface area contributed by atoms with Gasteiger partial charge in [0, 0.05) is 0 Å². The summed E-state index contributed by atoms with van der Waals surface area (Å²) in [6.45, 7) is 2.77. The molecule has 0 heterocycles. The Morgan fingerprint density at radius 1 is 1.25 bits per heavy atom. The maximum atomic E-state index is 12.1. The largest absolute Gasteiger partial charge is 0.480 e. The van der Waals surface area contributed by atoms with Gasteiger partial charge in [0.15, 0.2) is 0 Å². The van der Waals surface area contributed by atoms with Crippen molar-refractivity contribution in [2.75, 3.05) is 6.54 Å². The molecule has 0 aliphatic rings. The Bertz CT molecular complexity index is 441. The minimum absolute atomic E-state index is 0.314. The number of nitrogens with one attached hydrogen (secondary N) is 1. The molecule has 0 amide bonds. The second kappa shape index (κ2) is 6.74. The van der Waals surface area contributed by atoms with Gasteiger partial charge in [0.05, 0.1) is 6.54 Å². The summed E-state index contributed by atoms with van der Waals surface area (Å²) in [5.41, 5.74) is 1.35. The number of benzene rings is 1. The Balaban J connectivity index is 2.79. The summed E-state index contributed by atoms with van der Waals surface area (Å²) in [5, 5.41) is 11.0. The smallest absolute Gasteiger partial charge is 0.401 e. The van der Waals surface area contributed by atoms with E-state index in [2.05, 4.69) is 13.8 Å². The molecule has 0 aromatic heterocycles. The molecule has 6 heteroatoms. The van der Waals surface area contributed by atoms with Crippen molar-refractivity contribution in [2.45, 2.75) is 32.5 Å². The molecule has 0 bridgehead atoms. The number of alkyl halides is 3. The van der Waals surface area contributed by atoms with Gasteiger partial charge in [-0.2, -0.15) is 13.2 Å². The van der Waals surface area contributed by atoms with E-state index in [0.717, 1.165) is 12.0 Å². The van der Waals surface area contributed by atoms with Crippen LogP contribution in [0.2, 0.25) is 0 Å². The Kier molecular flexibility index (Phi) is 5.56. The lowest BCUT2D eigenvalue weighted by Crippen LogP contribution is -2.36. The third-order valence-electron chi connectivity index (χ3n) is 2.71. The van der Waals surface area contributed by atoms with E-state index in [9.17, 15) is 18.0 Å². The Hall–Kier alpha value is -1.56. The highest BCUT2D eigenvalue weighted by molar-refractivity contribution is 5.75. The van der Waals surface area contributed by atoms with Gasteiger partial charge in [-0.25, -0.2) is 0 Å². The topological polar surface area (TPSA) is 49.3 Å². The van der Waals surface area contributed by atoms with Gasteiger partial charge in [0.2, 0.25) is 0 Å². The lowest BCUT2D eigenvalue weighted by Gasteiger charge is -2.16. The first-order chi connectivity index (χ1) is 9.19. The Labute approximate surface area is 115 Å². The number of aliphatic carboxylic acids is 1. The molecule has 1 unspecified atom stereocenters. The van der Waals surface area contributed by atoms with Gasteiger partial charge in [-0.3, -0.25) is 10.1 Å². The molecule has 20 heavy (non-hydrogen) atoms. The molecule has 0 radical (unpaired) electrons. The van der Waals surface area contributed by atoms with Crippen LogP contribution in [0.5, 0.6) is 0 Å². The summed E-state index contributed by atoms with van der Waals surface area (Å²) < 4.78 is 36.4. The summed E-state index contributed by atoms with van der Waals surface area (Å²) in [4.78, 5) is 11.0. The van der Waals surface area contributed by atoms with Crippen molar-refractivity contribution in [2.24, 2.45) is 5.92 Å². The van der Waals surface area contributed by atoms with Gasteiger partial charge < -0.3 is 5.11 Å². The van der Waals surface area contributed by atoms with Crippen LogP contribution in [0.15, 0.2) is 24.3 Å². The second-order valence-electron chi connectivity index (χ2n) is 5.11. The van der Waals surface area contributed by atoms with E-state index in [0.29, 0.717) is 11.5 Å². The SMILES string of the molecule is CC(C)Cc1ccc(C(NCC(F)(F)F)C(=O)O)cc1. The lowest BCUT2D eigenvalue weighted by atomic mass is 9.99. The van der Waals surface area contributed by atoms with Crippen molar-refractivity contribution in [1.29, 1.82) is 0 Å². The molecular weight excluding hydrogens is 271 g/mol. The van der Waals surface area contributed by atoms with Gasteiger partial charge in [-0.1, -0.05) is 38.1 Å². The van der Waals surface area contributed by atoms with E-state index >= 15 is 0 Å². The molecule has 0 saturated heterocycles. The third-order valence-corrected chi connectivity index (χ3v) is 2.71. The van der Waals surface area contributed by atoms with Crippen molar-refractivity contribution in [3.8, 4) is 0 Å². The molecule has 3 nitrogen and oxygen atoms in total. The lowest BCUT2D eigenvalue weighted by molar-refractivity contribution is -0.143. The van der Waals surface area contributed by atoms with Crippen LogP contribution in [0.3, 0.4) is 0 Å². The fourth-order valence-corrected chi connectivity index (χ4v) is 1.88. The minimum atomic E-state index is -4.44. The van der Waals surface area contributed by atoms with Crippen LogP contribution in [-0.4, -0.2) is 23.8 Å². The summed E-state index contributed by atoms with van der Waals surface area (Å²) in [6.07, 6.45) is -3.60. The zero-order valence-corrected chi connectivity index (χ0v) is 11.4. The number of halogens is 3. The molecule has 112 valence electrons. The highest BCUT2D eigenvalue weighted by Crippen LogP contribution is 2.19. The number of hydrogen-bond donors (Lipinski definition) is 2. The molecule has 1 rings (SSSR count). The predicted molar refractivity (Wildman–Crippen MR) is 69.4 cm³/mol. The van der Waals surface area contributed by atoms with Gasteiger partial charge in [0.25, 0.3) is 0 Å². The normalized spacial score (nSPS) is 13.5. The maximum absolute atomic E-state index is 12.1. The van der Waals surface area contributed by atoms with Gasteiger partial charge in [-0.05, 0) is 23.5 Å². The molecule has 1 aromatic rings. The zero-order chi connectivity index (χ0) is 15.3. The van der Waals surface area contributed by atoms with E-state index in [1.54, 1.807) is 24.3 Å².